The molecular weight excluding hydrogens is 208 g/mol. The van der Waals surface area contributed by atoms with Crippen LogP contribution in [0, 0.1) is 5.92 Å². The molecule has 2 aliphatic heterocycles. The van der Waals surface area contributed by atoms with Gasteiger partial charge in [0.15, 0.2) is 0 Å². The van der Waals surface area contributed by atoms with E-state index >= 15 is 0 Å². The monoisotopic (exact) mass is 230 g/mol. The molecule has 2 fully saturated rings. The maximum atomic E-state index is 10.1. The van der Waals surface area contributed by atoms with Crippen LogP contribution in [-0.4, -0.2) is 47.3 Å². The maximum absolute atomic E-state index is 10.1. The minimum absolute atomic E-state index is 0.107. The second-order valence-electron chi connectivity index (χ2n) is 5.69. The summed E-state index contributed by atoms with van der Waals surface area (Å²) in [5, 5.41) is 20.0. The van der Waals surface area contributed by atoms with Crippen molar-refractivity contribution in [3.05, 3.63) is 0 Å². The van der Waals surface area contributed by atoms with Crippen molar-refractivity contribution in [2.75, 3.05) is 19.8 Å². The van der Waals surface area contributed by atoms with Crippen LogP contribution < -0.4 is 0 Å². The molecule has 0 bridgehead atoms. The molecule has 0 aromatic rings. The van der Waals surface area contributed by atoms with Crippen molar-refractivity contribution in [2.45, 2.75) is 50.4 Å². The molecule has 4 heteroatoms. The Morgan fingerprint density at radius 3 is 2.69 bits per heavy atom. The number of aliphatic hydroxyl groups is 2. The summed E-state index contributed by atoms with van der Waals surface area (Å²) in [5.74, 6) is 0.107. The molecule has 0 saturated carbocycles. The van der Waals surface area contributed by atoms with E-state index in [2.05, 4.69) is 0 Å². The fourth-order valence-corrected chi connectivity index (χ4v) is 2.78. The average molecular weight is 230 g/mol. The third kappa shape index (κ3) is 2.40. The molecular formula is C12H22O4. The van der Waals surface area contributed by atoms with Crippen LogP contribution in [0.3, 0.4) is 0 Å². The zero-order chi connectivity index (χ0) is 11.8. The van der Waals surface area contributed by atoms with Crippen molar-refractivity contribution in [3.63, 3.8) is 0 Å². The summed E-state index contributed by atoms with van der Waals surface area (Å²) in [6.07, 6.45) is 1.82. The molecule has 16 heavy (non-hydrogen) atoms. The summed E-state index contributed by atoms with van der Waals surface area (Å²) in [4.78, 5) is 0. The third-order valence-corrected chi connectivity index (χ3v) is 3.77. The SMILES string of the molecule is CC(C)(O)C(O)C1CCOC2(CCOC2)C1. The van der Waals surface area contributed by atoms with Crippen molar-refractivity contribution < 1.29 is 19.7 Å². The highest BCUT2D eigenvalue weighted by molar-refractivity contribution is 4.95. The lowest BCUT2D eigenvalue weighted by Crippen LogP contribution is -2.49. The minimum Gasteiger partial charge on any atom is -0.390 e. The van der Waals surface area contributed by atoms with Crippen molar-refractivity contribution in [3.8, 4) is 0 Å². The van der Waals surface area contributed by atoms with Crippen LogP contribution >= 0.6 is 0 Å². The van der Waals surface area contributed by atoms with Crippen molar-refractivity contribution >= 4 is 0 Å². The molecule has 2 saturated heterocycles. The number of ether oxygens (including phenoxy) is 2. The molecule has 1 spiro atoms. The van der Waals surface area contributed by atoms with Gasteiger partial charge in [-0.05, 0) is 32.6 Å². The Morgan fingerprint density at radius 1 is 1.38 bits per heavy atom. The summed E-state index contributed by atoms with van der Waals surface area (Å²) in [7, 11) is 0. The van der Waals surface area contributed by atoms with E-state index in [0.717, 1.165) is 25.9 Å². The first-order valence-electron chi connectivity index (χ1n) is 6.05. The second-order valence-corrected chi connectivity index (χ2v) is 5.69. The largest absolute Gasteiger partial charge is 0.390 e. The molecule has 2 N–H and O–H groups in total. The Hall–Kier alpha value is -0.160. The molecule has 2 rings (SSSR count). The van der Waals surface area contributed by atoms with Gasteiger partial charge in [-0.3, -0.25) is 0 Å². The molecule has 0 amide bonds. The van der Waals surface area contributed by atoms with E-state index in [-0.39, 0.29) is 11.5 Å². The standard InChI is InChI=1S/C12H22O4/c1-11(2,14)10(13)9-3-5-16-12(7-9)4-6-15-8-12/h9-10,13-14H,3-8H2,1-2H3. The Balaban J connectivity index is 2.01. The highest BCUT2D eigenvalue weighted by Crippen LogP contribution is 2.38. The van der Waals surface area contributed by atoms with Gasteiger partial charge in [-0.2, -0.15) is 0 Å². The first-order chi connectivity index (χ1) is 7.43. The number of rotatable bonds is 2. The van der Waals surface area contributed by atoms with E-state index in [1.165, 1.54) is 0 Å². The molecule has 3 atom stereocenters. The highest BCUT2D eigenvalue weighted by atomic mass is 16.6. The van der Waals surface area contributed by atoms with Gasteiger partial charge >= 0.3 is 0 Å². The number of aliphatic hydroxyl groups excluding tert-OH is 1. The van der Waals surface area contributed by atoms with Crippen molar-refractivity contribution in [2.24, 2.45) is 5.92 Å². The topological polar surface area (TPSA) is 58.9 Å². The van der Waals surface area contributed by atoms with Gasteiger partial charge in [0.1, 0.15) is 0 Å². The van der Waals surface area contributed by atoms with Gasteiger partial charge in [0.25, 0.3) is 0 Å². The van der Waals surface area contributed by atoms with Crippen LogP contribution in [-0.2, 0) is 9.47 Å². The smallest absolute Gasteiger partial charge is 0.0940 e. The summed E-state index contributed by atoms with van der Waals surface area (Å²) in [6.45, 7) is 5.34. The van der Waals surface area contributed by atoms with Gasteiger partial charge in [0.2, 0.25) is 0 Å². The molecule has 94 valence electrons. The lowest BCUT2D eigenvalue weighted by molar-refractivity contribution is -0.147. The van der Waals surface area contributed by atoms with Crippen LogP contribution in [0.5, 0.6) is 0 Å². The fourth-order valence-electron chi connectivity index (χ4n) is 2.78. The van der Waals surface area contributed by atoms with E-state index in [4.69, 9.17) is 9.47 Å². The molecule has 4 nitrogen and oxygen atoms in total. The Labute approximate surface area is 96.6 Å². The first-order valence-corrected chi connectivity index (χ1v) is 6.05. The van der Waals surface area contributed by atoms with E-state index in [0.29, 0.717) is 13.2 Å². The first kappa shape index (κ1) is 12.3. The summed E-state index contributed by atoms with van der Waals surface area (Å²) in [5.41, 5.74) is -1.24. The van der Waals surface area contributed by atoms with Gasteiger partial charge in [-0.15, -0.1) is 0 Å². The highest BCUT2D eigenvalue weighted by Gasteiger charge is 2.45. The van der Waals surface area contributed by atoms with E-state index in [1.807, 2.05) is 0 Å². The lowest BCUT2D eigenvalue weighted by atomic mass is 9.78. The summed E-state index contributed by atoms with van der Waals surface area (Å²) in [6, 6.07) is 0. The van der Waals surface area contributed by atoms with Gasteiger partial charge in [-0.1, -0.05) is 0 Å². The fraction of sp³-hybridized carbons (Fsp3) is 1.00. The average Bonchev–Trinajstić information content (AvgIpc) is 2.64. The van der Waals surface area contributed by atoms with Crippen molar-refractivity contribution in [1.29, 1.82) is 0 Å². The van der Waals surface area contributed by atoms with E-state index < -0.39 is 11.7 Å². The number of hydrogen-bond acceptors (Lipinski definition) is 4. The van der Waals surface area contributed by atoms with Crippen LogP contribution in [0.25, 0.3) is 0 Å². The van der Waals surface area contributed by atoms with Crippen LogP contribution in [0.2, 0.25) is 0 Å². The van der Waals surface area contributed by atoms with Crippen molar-refractivity contribution in [1.82, 2.24) is 0 Å². The predicted octanol–water partition coefficient (Wildman–Crippen LogP) is 0.704. The van der Waals surface area contributed by atoms with Gasteiger partial charge < -0.3 is 19.7 Å². The lowest BCUT2D eigenvalue weighted by Gasteiger charge is -2.41. The van der Waals surface area contributed by atoms with E-state index in [1.54, 1.807) is 13.8 Å². The Bertz CT molecular complexity index is 240. The quantitative estimate of drug-likeness (QED) is 0.733. The molecule has 0 aromatic heterocycles. The number of hydrogen-bond donors (Lipinski definition) is 2. The maximum Gasteiger partial charge on any atom is 0.0940 e. The predicted molar refractivity (Wildman–Crippen MR) is 59.1 cm³/mol. The van der Waals surface area contributed by atoms with Gasteiger partial charge in [0, 0.05) is 19.6 Å². The Morgan fingerprint density at radius 2 is 2.12 bits per heavy atom. The zero-order valence-electron chi connectivity index (χ0n) is 10.1. The molecule has 0 radical (unpaired) electrons. The molecule has 2 aliphatic rings. The second kappa shape index (κ2) is 4.26. The van der Waals surface area contributed by atoms with Gasteiger partial charge in [-0.25, -0.2) is 0 Å². The van der Waals surface area contributed by atoms with Crippen LogP contribution in [0.15, 0.2) is 0 Å². The molecule has 2 heterocycles. The molecule has 0 aromatic carbocycles. The molecule has 3 unspecified atom stereocenters. The normalized spacial score (nSPS) is 37.9. The van der Waals surface area contributed by atoms with E-state index in [9.17, 15) is 10.2 Å². The minimum atomic E-state index is -1.04. The van der Waals surface area contributed by atoms with Crippen LogP contribution in [0.4, 0.5) is 0 Å². The molecule has 0 aliphatic carbocycles. The van der Waals surface area contributed by atoms with Crippen LogP contribution in [0.1, 0.15) is 33.1 Å². The summed E-state index contributed by atoms with van der Waals surface area (Å²) >= 11 is 0. The van der Waals surface area contributed by atoms with Gasteiger partial charge in [0.05, 0.1) is 23.9 Å². The summed E-state index contributed by atoms with van der Waals surface area (Å²) < 4.78 is 11.2. The Kier molecular flexibility index (Phi) is 3.27. The zero-order valence-corrected chi connectivity index (χ0v) is 10.1. The third-order valence-electron chi connectivity index (χ3n) is 3.77.